The van der Waals surface area contributed by atoms with Crippen LogP contribution in [0.15, 0.2) is 85.3 Å². The number of carbonyl (C=O) groups excluding carboxylic acids is 1. The number of nitrogens with one attached hydrogen (secondary N) is 1. The number of rotatable bonds is 8. The Morgan fingerprint density at radius 1 is 1.00 bits per heavy atom. The van der Waals surface area contributed by atoms with Crippen molar-refractivity contribution in [3.63, 3.8) is 0 Å². The van der Waals surface area contributed by atoms with Gasteiger partial charge in [0.2, 0.25) is 0 Å². The number of nitrogen functional groups attached to an aromatic ring is 1. The second-order valence-electron chi connectivity index (χ2n) is 7.15. The molecule has 4 rings (SSSR count). The number of hydrogen-bond donors (Lipinski definition) is 2. The fourth-order valence-electron chi connectivity index (χ4n) is 3.32. The summed E-state index contributed by atoms with van der Waals surface area (Å²) in [5.41, 5.74) is 9.06. The molecule has 0 atom stereocenters. The Hall–Kier alpha value is -4.46. The summed E-state index contributed by atoms with van der Waals surface area (Å²) in [6, 6.07) is 22.7. The van der Waals surface area contributed by atoms with Gasteiger partial charge in [0.1, 0.15) is 17.8 Å². The molecule has 0 bridgehead atoms. The molecular weight excluding hydrogens is 416 g/mol. The Morgan fingerprint density at radius 3 is 2.58 bits per heavy atom. The first-order valence-electron chi connectivity index (χ1n) is 10.5. The maximum absolute atomic E-state index is 12.1. The highest BCUT2D eigenvalue weighted by Gasteiger charge is 2.19. The van der Waals surface area contributed by atoms with Crippen molar-refractivity contribution >= 4 is 34.8 Å². The number of carbonyl (C=O) groups is 1. The first kappa shape index (κ1) is 21.8. The van der Waals surface area contributed by atoms with E-state index >= 15 is 0 Å². The van der Waals surface area contributed by atoms with Crippen molar-refractivity contribution in [1.82, 2.24) is 15.0 Å². The molecular formula is C25H24N6O2. The Kier molecular flexibility index (Phi) is 6.75. The van der Waals surface area contributed by atoms with E-state index in [0.29, 0.717) is 47.5 Å². The van der Waals surface area contributed by atoms with Gasteiger partial charge in [0, 0.05) is 11.9 Å². The largest absolute Gasteiger partial charge is 0.462 e. The normalized spacial score (nSPS) is 10.5. The molecule has 2 aromatic heterocycles. The first-order valence-corrected chi connectivity index (χ1v) is 10.5. The number of hydrogen-bond acceptors (Lipinski definition) is 8. The van der Waals surface area contributed by atoms with Crippen LogP contribution < -0.4 is 16.0 Å². The van der Waals surface area contributed by atoms with Gasteiger partial charge in [-0.15, -0.1) is 0 Å². The standard InChI is InChI=1S/C25H24N6O2/c1-2-33-25(32)19-11-8-12-20(15-19)30-23-22(26)24(29-17-28-23)31(21-13-6-7-14-27-21)16-18-9-4-3-5-10-18/h3-15,17H,2,16,26H2,1H3,(H,28,29,30). The smallest absolute Gasteiger partial charge is 0.338 e. The third-order valence-corrected chi connectivity index (χ3v) is 4.86. The minimum Gasteiger partial charge on any atom is -0.462 e. The molecule has 0 unspecified atom stereocenters. The van der Waals surface area contributed by atoms with E-state index in [1.807, 2.05) is 59.5 Å². The van der Waals surface area contributed by atoms with Crippen molar-refractivity contribution in [2.45, 2.75) is 13.5 Å². The second kappa shape index (κ2) is 10.2. The summed E-state index contributed by atoms with van der Waals surface area (Å²) < 4.78 is 5.08. The van der Waals surface area contributed by atoms with Crippen LogP contribution in [0.1, 0.15) is 22.8 Å². The summed E-state index contributed by atoms with van der Waals surface area (Å²) in [4.78, 5) is 27.3. The topological polar surface area (TPSA) is 106 Å². The minimum atomic E-state index is -0.387. The molecule has 0 aliphatic rings. The number of aromatic nitrogens is 3. The number of ether oxygens (including phenoxy) is 1. The lowest BCUT2D eigenvalue weighted by atomic mass is 10.2. The van der Waals surface area contributed by atoms with E-state index in [-0.39, 0.29) is 5.97 Å². The van der Waals surface area contributed by atoms with Gasteiger partial charge in [0.25, 0.3) is 0 Å². The van der Waals surface area contributed by atoms with Crippen molar-refractivity contribution < 1.29 is 9.53 Å². The molecule has 166 valence electrons. The van der Waals surface area contributed by atoms with Crippen molar-refractivity contribution in [1.29, 1.82) is 0 Å². The summed E-state index contributed by atoms with van der Waals surface area (Å²) in [5, 5.41) is 3.19. The van der Waals surface area contributed by atoms with E-state index in [1.165, 1.54) is 6.33 Å². The van der Waals surface area contributed by atoms with Crippen LogP contribution in [0, 0.1) is 0 Å². The van der Waals surface area contributed by atoms with Gasteiger partial charge >= 0.3 is 5.97 Å². The predicted octanol–water partition coefficient (Wildman–Crippen LogP) is 4.71. The van der Waals surface area contributed by atoms with Crippen molar-refractivity contribution in [3.8, 4) is 0 Å². The summed E-state index contributed by atoms with van der Waals surface area (Å²) in [6.45, 7) is 2.60. The van der Waals surface area contributed by atoms with Crippen molar-refractivity contribution in [3.05, 3.63) is 96.4 Å². The Bertz CT molecular complexity index is 1220. The highest BCUT2D eigenvalue weighted by atomic mass is 16.5. The lowest BCUT2D eigenvalue weighted by molar-refractivity contribution is 0.0526. The van der Waals surface area contributed by atoms with E-state index in [4.69, 9.17) is 10.5 Å². The molecule has 8 heteroatoms. The van der Waals surface area contributed by atoms with Crippen molar-refractivity contribution in [2.24, 2.45) is 0 Å². The van der Waals surface area contributed by atoms with Gasteiger partial charge in [-0.3, -0.25) is 0 Å². The molecule has 0 saturated carbocycles. The van der Waals surface area contributed by atoms with E-state index in [1.54, 1.807) is 31.3 Å². The highest BCUT2D eigenvalue weighted by Crippen LogP contribution is 2.33. The summed E-state index contributed by atoms with van der Waals surface area (Å²) >= 11 is 0. The molecule has 33 heavy (non-hydrogen) atoms. The van der Waals surface area contributed by atoms with Crippen LogP contribution in [0.25, 0.3) is 0 Å². The molecule has 0 amide bonds. The molecule has 2 heterocycles. The minimum absolute atomic E-state index is 0.309. The van der Waals surface area contributed by atoms with Crippen molar-refractivity contribution in [2.75, 3.05) is 22.6 Å². The van der Waals surface area contributed by atoms with Gasteiger partial charge in [0.15, 0.2) is 11.6 Å². The van der Waals surface area contributed by atoms with Crippen LogP contribution >= 0.6 is 0 Å². The summed E-state index contributed by atoms with van der Waals surface area (Å²) in [5.74, 6) is 1.27. The summed E-state index contributed by atoms with van der Waals surface area (Å²) in [7, 11) is 0. The molecule has 8 nitrogen and oxygen atoms in total. The maximum atomic E-state index is 12.1. The third-order valence-electron chi connectivity index (χ3n) is 4.86. The number of nitrogens with zero attached hydrogens (tertiary/aromatic N) is 4. The van der Waals surface area contributed by atoms with E-state index in [9.17, 15) is 4.79 Å². The zero-order valence-corrected chi connectivity index (χ0v) is 18.2. The van der Waals surface area contributed by atoms with E-state index in [2.05, 4.69) is 20.3 Å². The van der Waals surface area contributed by atoms with Gasteiger partial charge in [-0.2, -0.15) is 0 Å². The lowest BCUT2D eigenvalue weighted by Crippen LogP contribution is -2.21. The molecule has 3 N–H and O–H groups in total. The fraction of sp³-hybridized carbons (Fsp3) is 0.120. The highest BCUT2D eigenvalue weighted by molar-refractivity contribution is 5.91. The summed E-state index contributed by atoms with van der Waals surface area (Å²) in [6.07, 6.45) is 3.18. The average Bonchev–Trinajstić information content (AvgIpc) is 2.86. The number of benzene rings is 2. The zero-order chi connectivity index (χ0) is 23.0. The second-order valence-corrected chi connectivity index (χ2v) is 7.15. The van der Waals surface area contributed by atoms with E-state index < -0.39 is 0 Å². The monoisotopic (exact) mass is 440 g/mol. The van der Waals surface area contributed by atoms with Gasteiger partial charge in [-0.1, -0.05) is 42.5 Å². The molecule has 0 aliphatic carbocycles. The van der Waals surface area contributed by atoms with Crippen LogP contribution in [-0.2, 0) is 11.3 Å². The molecule has 0 saturated heterocycles. The molecule has 0 spiro atoms. The van der Waals surface area contributed by atoms with Gasteiger partial charge < -0.3 is 20.7 Å². The number of esters is 1. The molecule has 4 aromatic rings. The molecule has 2 aromatic carbocycles. The zero-order valence-electron chi connectivity index (χ0n) is 18.2. The van der Waals surface area contributed by atoms with Gasteiger partial charge in [-0.05, 0) is 42.8 Å². The molecule has 0 radical (unpaired) electrons. The fourth-order valence-corrected chi connectivity index (χ4v) is 3.32. The Labute approximate surface area is 192 Å². The van der Waals surface area contributed by atoms with E-state index in [0.717, 1.165) is 5.56 Å². The molecule has 0 fully saturated rings. The van der Waals surface area contributed by atoms with Crippen LogP contribution in [0.2, 0.25) is 0 Å². The van der Waals surface area contributed by atoms with Gasteiger partial charge in [0.05, 0.1) is 18.7 Å². The number of pyridine rings is 1. The number of anilines is 5. The quantitative estimate of drug-likeness (QED) is 0.379. The maximum Gasteiger partial charge on any atom is 0.338 e. The van der Waals surface area contributed by atoms with Crippen LogP contribution in [0.4, 0.5) is 28.8 Å². The van der Waals surface area contributed by atoms with Crippen LogP contribution in [-0.4, -0.2) is 27.5 Å². The van der Waals surface area contributed by atoms with Crippen LogP contribution in [0.5, 0.6) is 0 Å². The lowest BCUT2D eigenvalue weighted by Gasteiger charge is -2.25. The van der Waals surface area contributed by atoms with Gasteiger partial charge in [-0.25, -0.2) is 19.7 Å². The molecule has 0 aliphatic heterocycles. The van der Waals surface area contributed by atoms with Crippen LogP contribution in [0.3, 0.4) is 0 Å². The predicted molar refractivity (Wildman–Crippen MR) is 129 cm³/mol. The first-order chi connectivity index (χ1) is 16.2. The third kappa shape index (κ3) is 5.24. The Morgan fingerprint density at radius 2 is 1.82 bits per heavy atom. The number of nitrogens with two attached hydrogens (primary N) is 1. The Balaban J connectivity index is 1.67. The SMILES string of the molecule is CCOC(=O)c1cccc(Nc2ncnc(N(Cc3ccccc3)c3ccccn3)c2N)c1. The average molecular weight is 441 g/mol.